The molecule has 3 aliphatic carbocycles. The number of fused-ring (bicyclic) bond motifs is 1. The number of rotatable bonds is 10. The molecule has 3 saturated carbocycles. The molecular weight excluding hydrogens is 502 g/mol. The lowest BCUT2D eigenvalue weighted by molar-refractivity contribution is -0.145. The minimum Gasteiger partial charge on any atom is -0.394 e. The second kappa shape index (κ2) is 10.4. The summed E-state index contributed by atoms with van der Waals surface area (Å²) in [5, 5.41) is 18.4. The zero-order chi connectivity index (χ0) is 28.9. The van der Waals surface area contributed by atoms with Gasteiger partial charge in [0.15, 0.2) is 0 Å². The van der Waals surface area contributed by atoms with Gasteiger partial charge in [-0.2, -0.15) is 0 Å². The first-order chi connectivity index (χ1) is 18.1. The third-order valence-electron chi connectivity index (χ3n) is 9.53. The monoisotopic (exact) mass is 547 g/mol. The quantitative estimate of drug-likeness (QED) is 0.254. The number of amides is 5. The summed E-state index contributed by atoms with van der Waals surface area (Å²) in [6, 6.07) is -3.29. The summed E-state index contributed by atoms with van der Waals surface area (Å²) in [7, 11) is 0. The number of hydrogen-bond acceptors (Lipinski definition) is 6. The van der Waals surface area contributed by atoms with E-state index in [1.165, 1.54) is 4.90 Å². The Morgan fingerprint density at radius 2 is 1.67 bits per heavy atom. The van der Waals surface area contributed by atoms with Crippen molar-refractivity contribution in [3.63, 3.8) is 0 Å². The molecule has 5 amide bonds. The number of Topliss-reactive ketones (excluding diaryl/α,β-unsaturated/α-hetero) is 1. The van der Waals surface area contributed by atoms with Crippen LogP contribution in [0.3, 0.4) is 0 Å². The normalized spacial score (nSPS) is 28.2. The summed E-state index contributed by atoms with van der Waals surface area (Å²) in [6.07, 6.45) is 5.38. The average molecular weight is 548 g/mol. The Morgan fingerprint density at radius 1 is 1.05 bits per heavy atom. The molecule has 218 valence electrons. The molecule has 11 nitrogen and oxygen atoms in total. The molecule has 11 heteroatoms. The number of aliphatic hydroxyl groups is 1. The van der Waals surface area contributed by atoms with Gasteiger partial charge >= 0.3 is 6.03 Å². The molecule has 4 rings (SSSR count). The van der Waals surface area contributed by atoms with E-state index < -0.39 is 52.7 Å². The molecule has 1 aliphatic heterocycles. The summed E-state index contributed by atoms with van der Waals surface area (Å²) in [6.45, 7) is 9.85. The van der Waals surface area contributed by atoms with Crippen LogP contribution in [0.2, 0.25) is 0 Å². The molecule has 0 aromatic rings. The molecule has 3 unspecified atom stereocenters. The Bertz CT molecular complexity index is 1030. The number of likely N-dealkylation sites (tertiary alicyclic amines) is 1. The lowest BCUT2D eigenvalue weighted by Gasteiger charge is -2.38. The van der Waals surface area contributed by atoms with Gasteiger partial charge in [-0.3, -0.25) is 19.2 Å². The van der Waals surface area contributed by atoms with Crippen LogP contribution >= 0.6 is 0 Å². The minimum atomic E-state index is -1.09. The highest BCUT2D eigenvalue weighted by molar-refractivity contribution is 6.37. The zero-order valence-electron chi connectivity index (χ0n) is 23.8. The molecule has 1 saturated heterocycles. The molecule has 0 aromatic heterocycles. The fourth-order valence-corrected chi connectivity index (χ4v) is 6.76. The highest BCUT2D eigenvalue weighted by Gasteiger charge is 2.70. The van der Waals surface area contributed by atoms with Crippen molar-refractivity contribution in [1.29, 1.82) is 0 Å². The molecular formula is C28H45N5O6. The number of carbonyl (C=O) groups excluding carboxylic acids is 5. The van der Waals surface area contributed by atoms with Crippen molar-refractivity contribution >= 4 is 29.5 Å². The SMILES string of the molecule is CC1(C)C2CN(C(=O)[C@@H](NC(=O)NC3(CO)CCCC3)C(C)(C)C)[C@H](C(=O)NC(CC3CC3)C(=O)C(N)=O)C21. The van der Waals surface area contributed by atoms with Crippen molar-refractivity contribution in [2.24, 2.45) is 34.3 Å². The second-order valence-corrected chi connectivity index (χ2v) is 13.9. The minimum absolute atomic E-state index is 0.0997. The van der Waals surface area contributed by atoms with Crippen molar-refractivity contribution in [3.05, 3.63) is 0 Å². The fourth-order valence-electron chi connectivity index (χ4n) is 6.76. The number of piperidine rings is 1. The van der Waals surface area contributed by atoms with Gasteiger partial charge in [-0.1, -0.05) is 60.3 Å². The van der Waals surface area contributed by atoms with Crippen molar-refractivity contribution in [3.8, 4) is 0 Å². The second-order valence-electron chi connectivity index (χ2n) is 13.9. The number of nitrogens with zero attached hydrogens (tertiary/aromatic N) is 1. The number of aliphatic hydroxyl groups excluding tert-OH is 1. The van der Waals surface area contributed by atoms with Crippen molar-refractivity contribution in [1.82, 2.24) is 20.9 Å². The van der Waals surface area contributed by atoms with Crippen LogP contribution in [0.5, 0.6) is 0 Å². The standard InChI is InChI=1S/C28H45N5O6/c1-26(2,3)21(31-25(39)32-28(14-34)10-6-7-11-28)24(38)33-13-16-18(27(16,4)5)19(33)23(37)30-17(12-15-8-9-15)20(35)22(29)36/h15-19,21,34H,6-14H2,1-5H3,(H2,29,36)(H,30,37)(H2,31,32,39)/t16?,17?,18?,19-,21+/m0/s1. The van der Waals surface area contributed by atoms with E-state index in [0.717, 1.165) is 25.7 Å². The number of nitrogens with two attached hydrogens (primary N) is 1. The maximum Gasteiger partial charge on any atom is 0.315 e. The summed E-state index contributed by atoms with van der Waals surface area (Å²) < 4.78 is 0. The van der Waals surface area contributed by atoms with Gasteiger partial charge in [-0.15, -0.1) is 0 Å². The highest BCUT2D eigenvalue weighted by Crippen LogP contribution is 2.65. The molecule has 4 fully saturated rings. The fraction of sp³-hybridized carbons (Fsp3) is 0.821. The topological polar surface area (TPSA) is 171 Å². The van der Waals surface area contributed by atoms with E-state index >= 15 is 0 Å². The van der Waals surface area contributed by atoms with E-state index in [1.54, 1.807) is 0 Å². The first-order valence-corrected chi connectivity index (χ1v) is 14.3. The summed E-state index contributed by atoms with van der Waals surface area (Å²) in [5.41, 5.74) is 3.74. The Morgan fingerprint density at radius 3 is 2.18 bits per heavy atom. The van der Waals surface area contributed by atoms with Crippen LogP contribution in [0.15, 0.2) is 0 Å². The average Bonchev–Trinajstić information content (AvgIpc) is 3.59. The molecule has 0 bridgehead atoms. The number of urea groups is 1. The first kappa shape index (κ1) is 29.3. The molecule has 6 N–H and O–H groups in total. The Balaban J connectivity index is 1.53. The van der Waals surface area contributed by atoms with E-state index in [0.29, 0.717) is 25.8 Å². The van der Waals surface area contributed by atoms with Crippen LogP contribution in [-0.2, 0) is 19.2 Å². The van der Waals surface area contributed by atoms with Gasteiger partial charge in [-0.05, 0) is 47.8 Å². The summed E-state index contributed by atoms with van der Waals surface area (Å²) in [5.74, 6) is -2.48. The van der Waals surface area contributed by atoms with Gasteiger partial charge in [0, 0.05) is 6.54 Å². The first-order valence-electron chi connectivity index (χ1n) is 14.3. The van der Waals surface area contributed by atoms with Crippen LogP contribution in [-0.4, -0.2) is 76.4 Å². The van der Waals surface area contributed by atoms with Crippen LogP contribution in [0, 0.1) is 28.6 Å². The van der Waals surface area contributed by atoms with E-state index in [4.69, 9.17) is 5.73 Å². The van der Waals surface area contributed by atoms with Crippen LogP contribution in [0.25, 0.3) is 0 Å². The van der Waals surface area contributed by atoms with Gasteiger partial charge in [0.25, 0.3) is 5.91 Å². The smallest absolute Gasteiger partial charge is 0.315 e. The zero-order valence-corrected chi connectivity index (χ0v) is 23.8. The summed E-state index contributed by atoms with van der Waals surface area (Å²) >= 11 is 0. The number of ketones is 1. The maximum absolute atomic E-state index is 14.0. The molecule has 1 heterocycles. The Labute approximate surface area is 230 Å². The van der Waals surface area contributed by atoms with Crippen molar-refractivity contribution in [2.45, 2.75) is 103 Å². The third kappa shape index (κ3) is 5.93. The Kier molecular flexibility index (Phi) is 7.79. The van der Waals surface area contributed by atoms with Gasteiger partial charge in [0.05, 0.1) is 18.2 Å². The maximum atomic E-state index is 14.0. The molecule has 0 aromatic carbocycles. The van der Waals surface area contributed by atoms with Crippen LogP contribution in [0.4, 0.5) is 4.79 Å². The molecule has 5 atom stereocenters. The lowest BCUT2D eigenvalue weighted by Crippen LogP contribution is -2.63. The van der Waals surface area contributed by atoms with Gasteiger partial charge in [0.2, 0.25) is 17.6 Å². The molecule has 0 radical (unpaired) electrons. The third-order valence-corrected chi connectivity index (χ3v) is 9.53. The largest absolute Gasteiger partial charge is 0.394 e. The lowest BCUT2D eigenvalue weighted by atomic mass is 9.85. The van der Waals surface area contributed by atoms with Gasteiger partial charge < -0.3 is 31.7 Å². The van der Waals surface area contributed by atoms with E-state index in [1.807, 2.05) is 20.8 Å². The number of hydrogen-bond donors (Lipinski definition) is 5. The van der Waals surface area contributed by atoms with Gasteiger partial charge in [-0.25, -0.2) is 4.79 Å². The molecule has 4 aliphatic rings. The summed E-state index contributed by atoms with van der Waals surface area (Å²) in [4.78, 5) is 66.5. The Hall–Kier alpha value is -2.69. The number of nitrogens with one attached hydrogen (secondary N) is 3. The highest BCUT2D eigenvalue weighted by atomic mass is 16.3. The van der Waals surface area contributed by atoms with Crippen molar-refractivity contribution < 1.29 is 29.1 Å². The number of carbonyl (C=O) groups is 5. The predicted molar refractivity (Wildman–Crippen MR) is 143 cm³/mol. The van der Waals surface area contributed by atoms with Crippen LogP contribution < -0.4 is 21.7 Å². The molecule has 0 spiro atoms. The van der Waals surface area contributed by atoms with E-state index in [9.17, 15) is 29.1 Å². The van der Waals surface area contributed by atoms with Crippen molar-refractivity contribution in [2.75, 3.05) is 13.2 Å². The van der Waals surface area contributed by atoms with E-state index in [-0.39, 0.29) is 35.7 Å². The predicted octanol–water partition coefficient (Wildman–Crippen LogP) is 0.828. The van der Waals surface area contributed by atoms with Crippen LogP contribution in [0.1, 0.15) is 79.6 Å². The van der Waals surface area contributed by atoms with E-state index in [2.05, 4.69) is 29.8 Å². The molecule has 39 heavy (non-hydrogen) atoms. The van der Waals surface area contributed by atoms with Gasteiger partial charge in [0.1, 0.15) is 12.1 Å². The number of primary amides is 1.